The van der Waals surface area contributed by atoms with Crippen molar-refractivity contribution in [3.05, 3.63) is 23.8 Å². The molecular weight excluding hydrogens is 346 g/mol. The first-order valence-corrected chi connectivity index (χ1v) is 9.59. The summed E-state index contributed by atoms with van der Waals surface area (Å²) in [4.78, 5) is 24.2. The zero-order valence-electron chi connectivity index (χ0n) is 16.0. The molecule has 2 saturated carbocycles. The van der Waals surface area contributed by atoms with E-state index in [0.717, 1.165) is 25.7 Å². The Morgan fingerprint density at radius 3 is 2.52 bits per heavy atom. The molecule has 0 radical (unpaired) electrons. The number of nitrogens with two attached hydrogens (primary N) is 1. The molecule has 1 aromatic rings. The smallest absolute Gasteiger partial charge is 0.257 e. The number of fused-ring (bicyclic) bond motifs is 2. The molecule has 0 aliphatic heterocycles. The Labute approximate surface area is 160 Å². The van der Waals surface area contributed by atoms with Crippen molar-refractivity contribution in [2.75, 3.05) is 20.8 Å². The van der Waals surface area contributed by atoms with Gasteiger partial charge in [0, 0.05) is 24.7 Å². The Morgan fingerprint density at radius 1 is 1.19 bits per heavy atom. The summed E-state index contributed by atoms with van der Waals surface area (Å²) in [5, 5.41) is 5.73. The van der Waals surface area contributed by atoms with Crippen molar-refractivity contribution in [1.82, 2.24) is 10.6 Å². The van der Waals surface area contributed by atoms with Gasteiger partial charge in [-0.2, -0.15) is 0 Å². The highest BCUT2D eigenvalue weighted by atomic mass is 16.5. The van der Waals surface area contributed by atoms with Crippen molar-refractivity contribution in [2.45, 2.75) is 44.2 Å². The summed E-state index contributed by atoms with van der Waals surface area (Å²) in [6, 6.07) is 5.46. The quantitative estimate of drug-likeness (QED) is 0.698. The van der Waals surface area contributed by atoms with E-state index in [1.165, 1.54) is 13.5 Å². The van der Waals surface area contributed by atoms with Crippen molar-refractivity contribution >= 4 is 11.8 Å². The highest BCUT2D eigenvalue weighted by molar-refractivity contribution is 5.95. The largest absolute Gasteiger partial charge is 0.493 e. The van der Waals surface area contributed by atoms with Crippen molar-refractivity contribution < 1.29 is 19.1 Å². The Hall–Kier alpha value is -2.28. The lowest BCUT2D eigenvalue weighted by Gasteiger charge is -2.45. The summed E-state index contributed by atoms with van der Waals surface area (Å²) in [6.45, 7) is -0.107. The van der Waals surface area contributed by atoms with Gasteiger partial charge in [0.15, 0.2) is 18.1 Å². The van der Waals surface area contributed by atoms with Gasteiger partial charge in [-0.3, -0.25) is 9.59 Å². The van der Waals surface area contributed by atoms with Crippen molar-refractivity contribution in [3.63, 3.8) is 0 Å². The van der Waals surface area contributed by atoms with Crippen molar-refractivity contribution in [1.29, 1.82) is 0 Å². The van der Waals surface area contributed by atoms with Crippen LogP contribution in [-0.2, 0) is 4.79 Å². The van der Waals surface area contributed by atoms with Crippen molar-refractivity contribution in [2.24, 2.45) is 17.6 Å². The Morgan fingerprint density at radius 2 is 1.89 bits per heavy atom. The minimum absolute atomic E-state index is 0.107. The number of hydrogen-bond acceptors (Lipinski definition) is 5. The molecule has 0 heterocycles. The molecule has 1 aromatic carbocycles. The predicted molar refractivity (Wildman–Crippen MR) is 102 cm³/mol. The average molecular weight is 375 g/mol. The van der Waals surface area contributed by atoms with Crippen LogP contribution < -0.4 is 25.8 Å². The van der Waals surface area contributed by atoms with Crippen LogP contribution in [0, 0.1) is 11.8 Å². The van der Waals surface area contributed by atoms with E-state index < -0.39 is 0 Å². The third-order valence-electron chi connectivity index (χ3n) is 5.74. The van der Waals surface area contributed by atoms with Gasteiger partial charge in [-0.1, -0.05) is 6.42 Å². The zero-order valence-corrected chi connectivity index (χ0v) is 16.0. The number of benzene rings is 1. The zero-order chi connectivity index (χ0) is 19.4. The van der Waals surface area contributed by atoms with Crippen LogP contribution in [0.2, 0.25) is 0 Å². The van der Waals surface area contributed by atoms with Gasteiger partial charge in [0.05, 0.1) is 7.11 Å². The predicted octanol–water partition coefficient (Wildman–Crippen LogP) is 1.46. The lowest BCUT2D eigenvalue weighted by molar-refractivity contribution is -0.122. The molecular formula is C20H29N3O4. The summed E-state index contributed by atoms with van der Waals surface area (Å²) in [6.07, 6.45) is 5.45. The van der Waals surface area contributed by atoms with Crippen LogP contribution in [0.25, 0.3) is 0 Å². The third kappa shape index (κ3) is 4.53. The monoisotopic (exact) mass is 375 g/mol. The summed E-state index contributed by atoms with van der Waals surface area (Å²) >= 11 is 0. The van der Waals surface area contributed by atoms with Gasteiger partial charge in [-0.25, -0.2) is 0 Å². The minimum Gasteiger partial charge on any atom is -0.493 e. The fourth-order valence-corrected chi connectivity index (χ4v) is 4.40. The summed E-state index contributed by atoms with van der Waals surface area (Å²) in [5.74, 6) is 1.45. The molecule has 2 atom stereocenters. The van der Waals surface area contributed by atoms with Crippen molar-refractivity contribution in [3.8, 4) is 11.5 Å². The molecule has 2 fully saturated rings. The van der Waals surface area contributed by atoms with Gasteiger partial charge in [-0.05, 0) is 55.7 Å². The standard InChI is InChI=1S/C20H29N3O4/c1-22-18(24)11-27-16-7-6-14(10-17(16)26-2)20(25)23-19-12-4-3-5-13(19)9-15(21)8-12/h6-7,10,12-13,15,19H,3-5,8-9,11,21H2,1-2H3,(H,22,24)(H,23,25). The number of methoxy groups -OCH3 is 1. The minimum atomic E-state index is -0.235. The summed E-state index contributed by atoms with van der Waals surface area (Å²) in [5.41, 5.74) is 6.69. The van der Waals surface area contributed by atoms with Crippen LogP contribution >= 0.6 is 0 Å². The topological polar surface area (TPSA) is 103 Å². The molecule has 27 heavy (non-hydrogen) atoms. The van der Waals surface area contributed by atoms with Gasteiger partial charge in [0.2, 0.25) is 0 Å². The van der Waals surface area contributed by atoms with E-state index in [2.05, 4.69) is 10.6 Å². The van der Waals surface area contributed by atoms with Gasteiger partial charge in [0.25, 0.3) is 11.8 Å². The van der Waals surface area contributed by atoms with Gasteiger partial charge in [-0.15, -0.1) is 0 Å². The Balaban J connectivity index is 1.68. The normalized spacial score (nSPS) is 26.8. The molecule has 0 spiro atoms. The Kier molecular flexibility index (Phi) is 6.21. The molecule has 0 aromatic heterocycles. The van der Waals surface area contributed by atoms with Crippen LogP contribution in [-0.4, -0.2) is 44.7 Å². The maximum absolute atomic E-state index is 12.8. The van der Waals surface area contributed by atoms with Crippen LogP contribution in [0.4, 0.5) is 0 Å². The summed E-state index contributed by atoms with van der Waals surface area (Å²) in [7, 11) is 3.06. The average Bonchev–Trinajstić information content (AvgIpc) is 2.66. The Bertz CT molecular complexity index is 680. The van der Waals surface area contributed by atoms with Crippen LogP contribution in [0.5, 0.6) is 11.5 Å². The molecule has 7 nitrogen and oxygen atoms in total. The SMILES string of the molecule is CNC(=O)COc1ccc(C(=O)NC2C3CCCC2CC(N)C3)cc1OC. The molecule has 148 valence electrons. The lowest BCUT2D eigenvalue weighted by Crippen LogP contribution is -2.53. The second kappa shape index (κ2) is 8.61. The van der Waals surface area contributed by atoms with E-state index >= 15 is 0 Å². The maximum Gasteiger partial charge on any atom is 0.257 e. The number of nitrogens with one attached hydrogen (secondary N) is 2. The number of rotatable bonds is 6. The van der Waals surface area contributed by atoms with E-state index in [9.17, 15) is 9.59 Å². The fourth-order valence-electron chi connectivity index (χ4n) is 4.40. The maximum atomic E-state index is 12.8. The van der Waals surface area contributed by atoms with Gasteiger partial charge >= 0.3 is 0 Å². The second-order valence-electron chi connectivity index (χ2n) is 7.51. The van der Waals surface area contributed by atoms with Crippen LogP contribution in [0.3, 0.4) is 0 Å². The molecule has 2 aliphatic carbocycles. The number of hydrogen-bond donors (Lipinski definition) is 3. The molecule has 3 rings (SSSR count). The first-order valence-electron chi connectivity index (χ1n) is 9.59. The molecule has 2 unspecified atom stereocenters. The van der Waals surface area contributed by atoms with E-state index in [1.54, 1.807) is 25.2 Å². The summed E-state index contributed by atoms with van der Waals surface area (Å²) < 4.78 is 10.8. The molecule has 7 heteroatoms. The highest BCUT2D eigenvalue weighted by Gasteiger charge is 2.40. The van der Waals surface area contributed by atoms with Gasteiger partial charge in [0.1, 0.15) is 0 Å². The highest BCUT2D eigenvalue weighted by Crippen LogP contribution is 2.40. The number of carbonyl (C=O) groups is 2. The molecule has 2 amide bonds. The van der Waals surface area contributed by atoms with Crippen LogP contribution in [0.1, 0.15) is 42.5 Å². The number of amides is 2. The third-order valence-corrected chi connectivity index (χ3v) is 5.74. The lowest BCUT2D eigenvalue weighted by atomic mass is 9.67. The van der Waals surface area contributed by atoms with E-state index in [-0.39, 0.29) is 30.5 Å². The first-order chi connectivity index (χ1) is 13.0. The molecule has 4 N–H and O–H groups in total. The van der Waals surface area contributed by atoms with E-state index in [4.69, 9.17) is 15.2 Å². The van der Waals surface area contributed by atoms with E-state index in [0.29, 0.717) is 28.9 Å². The number of ether oxygens (including phenoxy) is 2. The van der Waals surface area contributed by atoms with Gasteiger partial charge < -0.3 is 25.8 Å². The van der Waals surface area contributed by atoms with Crippen LogP contribution in [0.15, 0.2) is 18.2 Å². The second-order valence-corrected chi connectivity index (χ2v) is 7.51. The number of carbonyl (C=O) groups excluding carboxylic acids is 2. The fraction of sp³-hybridized carbons (Fsp3) is 0.600. The first kappa shape index (κ1) is 19.5. The molecule has 2 aliphatic rings. The molecule has 0 saturated heterocycles. The molecule has 2 bridgehead atoms. The number of likely N-dealkylation sites (N-methyl/N-ethyl adjacent to an activating group) is 1. The van der Waals surface area contributed by atoms with E-state index in [1.807, 2.05) is 0 Å².